The Morgan fingerprint density at radius 3 is 2.62 bits per heavy atom. The number of pyridine rings is 1. The summed E-state index contributed by atoms with van der Waals surface area (Å²) in [6.07, 6.45) is -4.60. The third-order valence-corrected chi connectivity index (χ3v) is 1.43. The van der Waals surface area contributed by atoms with Gasteiger partial charge in [-0.3, -0.25) is 10.1 Å². The van der Waals surface area contributed by atoms with Gasteiger partial charge in [0.25, 0.3) is 5.88 Å². The zero-order valence-electron chi connectivity index (χ0n) is 7.69. The van der Waals surface area contributed by atoms with Crippen LogP contribution in [0.25, 0.3) is 0 Å². The predicted molar refractivity (Wildman–Crippen MR) is 46.9 cm³/mol. The van der Waals surface area contributed by atoms with E-state index >= 15 is 0 Å². The summed E-state index contributed by atoms with van der Waals surface area (Å²) in [5.41, 5.74) is 4.50. The normalized spacial score (nSPS) is 11.2. The van der Waals surface area contributed by atoms with Crippen LogP contribution in [0.1, 0.15) is 0 Å². The highest BCUT2D eigenvalue weighted by Gasteiger charge is 2.30. The van der Waals surface area contributed by atoms with Gasteiger partial charge in [-0.25, -0.2) is 0 Å². The summed E-state index contributed by atoms with van der Waals surface area (Å²) in [5.74, 6) is -0.912. The fraction of sp³-hybridized carbons (Fsp3) is 0.286. The van der Waals surface area contributed by atoms with Crippen molar-refractivity contribution in [2.24, 2.45) is 0 Å². The lowest BCUT2D eigenvalue weighted by atomic mass is 10.4. The van der Waals surface area contributed by atoms with Gasteiger partial charge in [0.2, 0.25) is 0 Å². The number of nitrogen functional groups attached to an aromatic ring is 1. The number of alkyl halides is 3. The van der Waals surface area contributed by atoms with E-state index < -0.39 is 29.3 Å². The van der Waals surface area contributed by atoms with E-state index in [1.165, 1.54) is 0 Å². The Balaban J connectivity index is 2.93. The summed E-state index contributed by atoms with van der Waals surface area (Å²) in [5, 5.41) is 10.4. The third kappa shape index (κ3) is 3.26. The average molecular weight is 237 g/mol. The molecule has 0 aliphatic carbocycles. The Bertz CT molecular complexity index is 408. The second-order valence-corrected chi connectivity index (χ2v) is 2.72. The minimum Gasteiger partial charge on any atom is -0.463 e. The molecule has 0 aliphatic heterocycles. The summed E-state index contributed by atoms with van der Waals surface area (Å²) in [6.45, 7) is -1.66. The predicted octanol–water partition coefficient (Wildman–Crippen LogP) is 1.51. The quantitative estimate of drug-likeness (QED) is 0.635. The van der Waals surface area contributed by atoms with E-state index in [4.69, 9.17) is 5.73 Å². The largest absolute Gasteiger partial charge is 0.463 e. The second-order valence-electron chi connectivity index (χ2n) is 2.72. The number of halogens is 3. The molecule has 2 N–H and O–H groups in total. The maximum Gasteiger partial charge on any atom is 0.422 e. The zero-order chi connectivity index (χ0) is 12.3. The van der Waals surface area contributed by atoms with E-state index in [1.54, 1.807) is 0 Å². The first-order valence-corrected chi connectivity index (χ1v) is 3.90. The van der Waals surface area contributed by atoms with Gasteiger partial charge in [-0.2, -0.15) is 18.2 Å². The van der Waals surface area contributed by atoms with Crippen LogP contribution in [0, 0.1) is 10.1 Å². The minimum absolute atomic E-state index is 0.164. The van der Waals surface area contributed by atoms with Crippen molar-refractivity contribution in [2.45, 2.75) is 6.18 Å². The van der Waals surface area contributed by atoms with Crippen molar-refractivity contribution in [1.29, 1.82) is 0 Å². The Morgan fingerprint density at radius 1 is 1.50 bits per heavy atom. The lowest BCUT2D eigenvalue weighted by Gasteiger charge is -2.08. The smallest absolute Gasteiger partial charge is 0.422 e. The number of nitro groups is 1. The van der Waals surface area contributed by atoms with Gasteiger partial charge in [0, 0.05) is 6.07 Å². The van der Waals surface area contributed by atoms with Crippen LogP contribution >= 0.6 is 0 Å². The topological polar surface area (TPSA) is 91.3 Å². The molecule has 0 spiro atoms. The Hall–Kier alpha value is -2.06. The van der Waals surface area contributed by atoms with Crippen LogP contribution < -0.4 is 10.5 Å². The molecule has 0 radical (unpaired) electrons. The first kappa shape index (κ1) is 12.0. The lowest BCUT2D eigenvalue weighted by molar-refractivity contribution is -0.386. The number of ether oxygens (including phenoxy) is 1. The highest BCUT2D eigenvalue weighted by atomic mass is 19.4. The first-order valence-electron chi connectivity index (χ1n) is 3.90. The van der Waals surface area contributed by atoms with Gasteiger partial charge in [-0.1, -0.05) is 0 Å². The summed E-state index contributed by atoms with van der Waals surface area (Å²) in [7, 11) is 0. The molecule has 6 nitrogen and oxygen atoms in total. The van der Waals surface area contributed by atoms with Crippen LogP contribution in [0.5, 0.6) is 5.88 Å². The Labute approximate surface area is 87.0 Å². The molecular formula is C7H6F3N3O3. The highest BCUT2D eigenvalue weighted by Crippen LogP contribution is 2.27. The van der Waals surface area contributed by atoms with Crippen molar-refractivity contribution in [1.82, 2.24) is 4.98 Å². The van der Waals surface area contributed by atoms with Gasteiger partial charge >= 0.3 is 11.9 Å². The molecule has 0 aliphatic rings. The van der Waals surface area contributed by atoms with Crippen molar-refractivity contribution in [3.05, 3.63) is 22.2 Å². The average Bonchev–Trinajstić information content (AvgIpc) is 2.13. The summed E-state index contributed by atoms with van der Waals surface area (Å²) >= 11 is 0. The molecule has 0 bridgehead atoms. The molecule has 16 heavy (non-hydrogen) atoms. The number of anilines is 1. The van der Waals surface area contributed by atoms with E-state index in [1.807, 2.05) is 0 Å². The van der Waals surface area contributed by atoms with E-state index in [9.17, 15) is 23.3 Å². The number of aromatic nitrogens is 1. The molecule has 0 amide bonds. The van der Waals surface area contributed by atoms with E-state index in [0.29, 0.717) is 0 Å². The van der Waals surface area contributed by atoms with Gasteiger partial charge in [0.15, 0.2) is 6.61 Å². The summed E-state index contributed by atoms with van der Waals surface area (Å²) < 4.78 is 39.6. The lowest BCUT2D eigenvalue weighted by Crippen LogP contribution is -2.20. The van der Waals surface area contributed by atoms with Crippen molar-refractivity contribution < 1.29 is 22.8 Å². The molecule has 0 fully saturated rings. The molecule has 0 unspecified atom stereocenters. The fourth-order valence-corrected chi connectivity index (χ4v) is 0.843. The second kappa shape index (κ2) is 4.21. The number of nitrogens with two attached hydrogens (primary N) is 1. The molecule has 1 heterocycles. The molecule has 1 aromatic heterocycles. The van der Waals surface area contributed by atoms with Crippen LogP contribution in [0.3, 0.4) is 0 Å². The van der Waals surface area contributed by atoms with Gasteiger partial charge in [0.1, 0.15) is 5.82 Å². The highest BCUT2D eigenvalue weighted by molar-refractivity contribution is 5.46. The SMILES string of the molecule is Nc1ccc([N+](=O)[O-])c(OCC(F)(F)F)n1. The number of hydrogen-bond donors (Lipinski definition) is 1. The fourth-order valence-electron chi connectivity index (χ4n) is 0.843. The molecular weight excluding hydrogens is 231 g/mol. The van der Waals surface area contributed by atoms with Crippen molar-refractivity contribution in [2.75, 3.05) is 12.3 Å². The summed E-state index contributed by atoms with van der Waals surface area (Å²) in [6, 6.07) is 2.02. The standard InChI is InChI=1S/C7H6F3N3O3/c8-7(9,10)3-16-6-4(13(14)15)1-2-5(11)12-6/h1-2H,3H2,(H2,11,12). The van der Waals surface area contributed by atoms with Gasteiger partial charge in [0.05, 0.1) is 4.92 Å². The Morgan fingerprint density at radius 2 is 2.12 bits per heavy atom. The Kier molecular flexibility index (Phi) is 3.16. The number of rotatable bonds is 3. The first-order chi connectivity index (χ1) is 7.29. The molecule has 0 aromatic carbocycles. The molecule has 88 valence electrons. The van der Waals surface area contributed by atoms with Crippen LogP contribution in [-0.2, 0) is 0 Å². The zero-order valence-corrected chi connectivity index (χ0v) is 7.69. The van der Waals surface area contributed by atoms with E-state index in [2.05, 4.69) is 9.72 Å². The maximum atomic E-state index is 11.8. The maximum absolute atomic E-state index is 11.8. The van der Waals surface area contributed by atoms with Crippen LogP contribution in [0.2, 0.25) is 0 Å². The van der Waals surface area contributed by atoms with Crippen LogP contribution in [-0.4, -0.2) is 22.7 Å². The number of nitrogens with zero attached hydrogens (tertiary/aromatic N) is 2. The van der Waals surface area contributed by atoms with Gasteiger partial charge in [-0.15, -0.1) is 0 Å². The molecule has 9 heteroatoms. The van der Waals surface area contributed by atoms with E-state index in [0.717, 1.165) is 12.1 Å². The van der Waals surface area contributed by atoms with E-state index in [-0.39, 0.29) is 5.82 Å². The monoisotopic (exact) mass is 237 g/mol. The molecule has 0 saturated heterocycles. The van der Waals surface area contributed by atoms with Crippen molar-refractivity contribution in [3.63, 3.8) is 0 Å². The number of hydrogen-bond acceptors (Lipinski definition) is 5. The van der Waals surface area contributed by atoms with Gasteiger partial charge in [-0.05, 0) is 6.07 Å². The third-order valence-electron chi connectivity index (χ3n) is 1.43. The molecule has 1 rings (SSSR count). The van der Waals surface area contributed by atoms with Crippen LogP contribution in [0.4, 0.5) is 24.7 Å². The van der Waals surface area contributed by atoms with Crippen molar-refractivity contribution >= 4 is 11.5 Å². The molecule has 1 aromatic rings. The van der Waals surface area contributed by atoms with Gasteiger partial charge < -0.3 is 10.5 Å². The molecule has 0 atom stereocenters. The van der Waals surface area contributed by atoms with Crippen LogP contribution in [0.15, 0.2) is 12.1 Å². The minimum atomic E-state index is -4.60. The molecule has 0 saturated carbocycles. The summed E-state index contributed by atoms with van der Waals surface area (Å²) in [4.78, 5) is 12.8. The van der Waals surface area contributed by atoms with Crippen molar-refractivity contribution in [3.8, 4) is 5.88 Å².